The molecule has 0 spiro atoms. The van der Waals surface area contributed by atoms with Gasteiger partial charge < -0.3 is 15.8 Å². The minimum Gasteiger partial charge on any atom is -0.477 e. The molecule has 7 nitrogen and oxygen atoms in total. The molecule has 3 saturated carbocycles. The molecule has 0 aliphatic heterocycles. The Morgan fingerprint density at radius 2 is 2.06 bits per heavy atom. The highest BCUT2D eigenvalue weighted by Gasteiger charge is 2.56. The number of rotatable bonds is 8. The Balaban J connectivity index is 1.80. The van der Waals surface area contributed by atoms with Crippen LogP contribution in [-0.2, 0) is 4.79 Å². The summed E-state index contributed by atoms with van der Waals surface area (Å²) in [6, 6.07) is 0.162. The molecule has 1 aromatic heterocycles. The van der Waals surface area contributed by atoms with Crippen LogP contribution in [0.4, 0.5) is 0 Å². The molecule has 0 saturated heterocycles. The predicted octanol–water partition coefficient (Wildman–Crippen LogP) is 3.70. The number of carbonyl (C=O) groups is 2. The number of hydrogen-bond acceptors (Lipinski definition) is 4. The van der Waals surface area contributed by atoms with Gasteiger partial charge in [-0.15, -0.1) is 0 Å². The molecule has 3 fully saturated rings. The van der Waals surface area contributed by atoms with Crippen LogP contribution in [0.3, 0.4) is 0 Å². The van der Waals surface area contributed by atoms with Gasteiger partial charge in [-0.25, -0.2) is 4.68 Å². The highest BCUT2D eigenvalue weighted by Crippen LogP contribution is 2.61. The number of nitrogens with two attached hydrogens (primary N) is 1. The second kappa shape index (κ2) is 8.32. The van der Waals surface area contributed by atoms with Crippen LogP contribution in [0.1, 0.15) is 71.7 Å². The number of nitrogens with one attached hydrogen (secondary N) is 1. The number of amides is 2. The summed E-state index contributed by atoms with van der Waals surface area (Å²) in [6.07, 6.45) is 7.12. The second-order valence-electron chi connectivity index (χ2n) is 10.9. The Morgan fingerprint density at radius 1 is 1.39 bits per heavy atom. The summed E-state index contributed by atoms with van der Waals surface area (Å²) in [5, 5.41) is 7.57. The monoisotopic (exact) mass is 430 g/mol. The molecule has 1 aromatic rings. The van der Waals surface area contributed by atoms with Gasteiger partial charge >= 0.3 is 0 Å². The van der Waals surface area contributed by atoms with Gasteiger partial charge in [-0.1, -0.05) is 40.7 Å². The fourth-order valence-electron chi connectivity index (χ4n) is 4.93. The van der Waals surface area contributed by atoms with Gasteiger partial charge in [0, 0.05) is 12.2 Å². The molecule has 2 bridgehead atoms. The summed E-state index contributed by atoms with van der Waals surface area (Å²) in [4.78, 5) is 24.8. The summed E-state index contributed by atoms with van der Waals surface area (Å²) in [5.41, 5.74) is 5.40. The minimum atomic E-state index is -0.838. The lowest BCUT2D eigenvalue weighted by Crippen LogP contribution is -2.60. The van der Waals surface area contributed by atoms with Crippen LogP contribution >= 0.6 is 0 Å². The molecule has 7 heteroatoms. The third-order valence-electron chi connectivity index (χ3n) is 7.49. The Bertz CT molecular complexity index is 868. The van der Waals surface area contributed by atoms with Crippen LogP contribution in [0.15, 0.2) is 12.3 Å². The molecular formula is C24H38N4O3. The molecule has 4 rings (SSSR count). The van der Waals surface area contributed by atoms with Gasteiger partial charge in [0.15, 0.2) is 0 Å². The zero-order valence-corrected chi connectivity index (χ0v) is 19.9. The van der Waals surface area contributed by atoms with Crippen LogP contribution in [0.5, 0.6) is 5.88 Å². The van der Waals surface area contributed by atoms with Gasteiger partial charge in [0.05, 0.1) is 18.2 Å². The number of fused-ring (bicyclic) bond motifs is 2. The van der Waals surface area contributed by atoms with Crippen molar-refractivity contribution in [3.05, 3.63) is 17.8 Å². The molecule has 31 heavy (non-hydrogen) atoms. The van der Waals surface area contributed by atoms with E-state index in [9.17, 15) is 9.59 Å². The van der Waals surface area contributed by atoms with E-state index < -0.39 is 11.3 Å². The molecule has 0 radical (unpaired) electrons. The zero-order chi connectivity index (χ0) is 23.1. The molecule has 3 aliphatic rings. The quantitative estimate of drug-likeness (QED) is 0.657. The van der Waals surface area contributed by atoms with Crippen LogP contribution in [0, 0.1) is 34.5 Å². The summed E-state index contributed by atoms with van der Waals surface area (Å²) >= 11 is 0. The molecule has 2 unspecified atom stereocenters. The van der Waals surface area contributed by atoms with Crippen molar-refractivity contribution in [1.82, 2.24) is 15.1 Å². The van der Waals surface area contributed by atoms with E-state index in [4.69, 9.17) is 10.5 Å². The predicted molar refractivity (Wildman–Crippen MR) is 121 cm³/mol. The van der Waals surface area contributed by atoms with Gasteiger partial charge in [0.25, 0.3) is 5.91 Å². The highest BCUT2D eigenvalue weighted by atomic mass is 16.5. The van der Waals surface area contributed by atoms with Crippen molar-refractivity contribution in [2.75, 3.05) is 6.61 Å². The van der Waals surface area contributed by atoms with E-state index in [0.717, 1.165) is 6.42 Å². The lowest BCUT2D eigenvalue weighted by molar-refractivity contribution is -0.123. The fraction of sp³-hybridized carbons (Fsp3) is 0.708. The second-order valence-corrected chi connectivity index (χ2v) is 10.9. The molecule has 4 atom stereocenters. The topological polar surface area (TPSA) is 99.2 Å². The summed E-state index contributed by atoms with van der Waals surface area (Å²) in [5.74, 6) is 1.83. The first kappa shape index (κ1) is 23.4. The third-order valence-corrected chi connectivity index (χ3v) is 7.49. The summed E-state index contributed by atoms with van der Waals surface area (Å²) in [6.45, 7) is 15.0. The third kappa shape index (κ3) is 4.51. The van der Waals surface area contributed by atoms with E-state index in [-0.39, 0.29) is 17.9 Å². The van der Waals surface area contributed by atoms with E-state index in [1.54, 1.807) is 26.1 Å². The zero-order valence-electron chi connectivity index (χ0n) is 19.9. The van der Waals surface area contributed by atoms with Crippen molar-refractivity contribution in [3.8, 4) is 5.88 Å². The van der Waals surface area contributed by atoms with Crippen LogP contribution in [0.2, 0.25) is 0 Å². The Hall–Kier alpha value is -2.31. The Morgan fingerprint density at radius 3 is 2.61 bits per heavy atom. The number of ether oxygens (including phenoxy) is 1. The molecule has 172 valence electrons. The fourth-order valence-corrected chi connectivity index (χ4v) is 4.93. The van der Waals surface area contributed by atoms with Crippen molar-refractivity contribution < 1.29 is 14.3 Å². The number of nitrogens with zero attached hydrogens (tertiary/aromatic N) is 2. The van der Waals surface area contributed by atoms with Crippen molar-refractivity contribution in [2.45, 2.75) is 67.3 Å². The largest absolute Gasteiger partial charge is 0.477 e. The molecular weight excluding hydrogens is 392 g/mol. The highest BCUT2D eigenvalue weighted by molar-refractivity contribution is 5.96. The van der Waals surface area contributed by atoms with Gasteiger partial charge in [0.1, 0.15) is 5.56 Å². The Labute approximate surface area is 185 Å². The van der Waals surface area contributed by atoms with Crippen LogP contribution in [0.25, 0.3) is 6.20 Å². The van der Waals surface area contributed by atoms with E-state index in [1.807, 2.05) is 13.8 Å². The average Bonchev–Trinajstić information content (AvgIpc) is 3.08. The number of hydrogen-bond donors (Lipinski definition) is 2. The van der Waals surface area contributed by atoms with Gasteiger partial charge in [-0.3, -0.25) is 9.59 Å². The Kier molecular flexibility index (Phi) is 6.27. The van der Waals surface area contributed by atoms with Crippen LogP contribution < -0.4 is 15.8 Å². The average molecular weight is 431 g/mol. The van der Waals surface area contributed by atoms with Crippen molar-refractivity contribution in [2.24, 2.45) is 40.2 Å². The van der Waals surface area contributed by atoms with E-state index in [0.29, 0.717) is 41.2 Å². The first-order chi connectivity index (χ1) is 14.3. The summed E-state index contributed by atoms with van der Waals surface area (Å²) < 4.78 is 7.47. The lowest BCUT2D eigenvalue weighted by atomic mass is 9.45. The normalized spacial score (nSPS) is 27.2. The molecule has 2 amide bonds. The minimum absolute atomic E-state index is 0.162. The first-order valence-corrected chi connectivity index (χ1v) is 11.3. The molecule has 0 aromatic carbocycles. The smallest absolute Gasteiger partial charge is 0.258 e. The van der Waals surface area contributed by atoms with Crippen molar-refractivity contribution in [3.63, 3.8) is 0 Å². The van der Waals surface area contributed by atoms with Gasteiger partial charge in [-0.05, 0) is 55.8 Å². The van der Waals surface area contributed by atoms with Gasteiger partial charge in [0.2, 0.25) is 11.8 Å². The van der Waals surface area contributed by atoms with E-state index >= 15 is 0 Å². The number of primary amides is 1. The van der Waals surface area contributed by atoms with Crippen molar-refractivity contribution in [1.29, 1.82) is 0 Å². The SMILES string of the molecule is CC(C)COc1c(C(=O)N[C@@H]2CC3CC([C@H]2C)C3(C)C)cnn1/C=C/C(C)(C)C(N)=O. The van der Waals surface area contributed by atoms with Gasteiger partial charge in [-0.2, -0.15) is 5.10 Å². The maximum atomic E-state index is 13.2. The number of carbonyl (C=O) groups excluding carboxylic acids is 2. The molecule has 3 aliphatic carbocycles. The lowest BCUT2D eigenvalue weighted by Gasteiger charge is -2.62. The van der Waals surface area contributed by atoms with Crippen molar-refractivity contribution >= 4 is 18.0 Å². The standard InChI is InChI=1S/C24H38N4O3/c1-14(2)13-31-21-17(12-26-28(21)9-8-23(4,5)22(25)30)20(29)27-19-11-16-10-18(15(19)3)24(16,6)7/h8-9,12,14-16,18-19H,10-11,13H2,1-7H3,(H2,25,30)(H,27,29)/b9-8+/t15-,16?,18?,19-/m1/s1. The van der Waals surface area contributed by atoms with Crippen LogP contribution in [-0.4, -0.2) is 34.2 Å². The van der Waals surface area contributed by atoms with E-state index in [1.165, 1.54) is 17.3 Å². The summed E-state index contributed by atoms with van der Waals surface area (Å²) in [7, 11) is 0. The molecule has 3 N–H and O–H groups in total. The first-order valence-electron chi connectivity index (χ1n) is 11.3. The number of aromatic nitrogens is 2. The maximum Gasteiger partial charge on any atom is 0.258 e. The van der Waals surface area contributed by atoms with E-state index in [2.05, 4.69) is 31.2 Å². The molecule has 1 heterocycles. The maximum absolute atomic E-state index is 13.2.